The van der Waals surface area contributed by atoms with Gasteiger partial charge in [0.15, 0.2) is 5.76 Å². The van der Waals surface area contributed by atoms with Crippen LogP contribution in [0.1, 0.15) is 24.1 Å². The van der Waals surface area contributed by atoms with Gasteiger partial charge in [0, 0.05) is 18.3 Å². The Hall–Kier alpha value is -4.91. The molecule has 39 heavy (non-hydrogen) atoms. The third-order valence-electron chi connectivity index (χ3n) is 7.41. The van der Waals surface area contributed by atoms with Gasteiger partial charge in [-0.3, -0.25) is 4.79 Å². The number of hydrogen-bond acceptors (Lipinski definition) is 6. The van der Waals surface area contributed by atoms with Gasteiger partial charge in [0.2, 0.25) is 0 Å². The Labute approximate surface area is 226 Å². The number of carboxylic acid groups (broad SMARTS) is 1. The number of anilines is 4. The highest BCUT2D eigenvalue weighted by Crippen LogP contribution is 2.48. The Morgan fingerprint density at radius 1 is 0.872 bits per heavy atom. The van der Waals surface area contributed by atoms with Gasteiger partial charge >= 0.3 is 5.97 Å². The van der Waals surface area contributed by atoms with Crippen LogP contribution in [-0.2, 0) is 10.2 Å². The molecule has 7 nitrogen and oxygen atoms in total. The third kappa shape index (κ3) is 4.63. The number of carbonyl (C=O) groups is 1. The zero-order valence-corrected chi connectivity index (χ0v) is 21.8. The van der Waals surface area contributed by atoms with E-state index >= 15 is 0 Å². The first kappa shape index (κ1) is 24.4. The first-order valence-corrected chi connectivity index (χ1v) is 12.9. The molecule has 194 valence electrons. The van der Waals surface area contributed by atoms with Crippen LogP contribution in [0.5, 0.6) is 0 Å². The summed E-state index contributed by atoms with van der Waals surface area (Å²) in [4.78, 5) is 18.5. The topological polar surface area (TPSA) is 91.5 Å². The van der Waals surface area contributed by atoms with E-state index in [1.54, 1.807) is 0 Å². The molecule has 1 fully saturated rings. The molecule has 3 aromatic carbocycles. The summed E-state index contributed by atoms with van der Waals surface area (Å²) in [7, 11) is 1.99. The number of benzene rings is 3. The van der Waals surface area contributed by atoms with Gasteiger partial charge in [-0.25, -0.2) is 4.98 Å². The number of nitrogens with one attached hydrogen (secondary N) is 1. The predicted octanol–water partition coefficient (Wildman–Crippen LogP) is 7.34. The molecule has 0 unspecified atom stereocenters. The number of carboxylic acids is 1. The quantitative estimate of drug-likeness (QED) is 0.223. The number of pyridine rings is 1. The summed E-state index contributed by atoms with van der Waals surface area (Å²) in [6.45, 7) is 1.90. The summed E-state index contributed by atoms with van der Waals surface area (Å²) < 4.78 is 5.72. The fourth-order valence-electron chi connectivity index (χ4n) is 4.85. The second-order valence-corrected chi connectivity index (χ2v) is 9.91. The number of aryl methyl sites for hydroxylation is 1. The summed E-state index contributed by atoms with van der Waals surface area (Å²) in [6.07, 6.45) is 1.40. The number of hydrogen-bond donors (Lipinski definition) is 2. The van der Waals surface area contributed by atoms with Crippen LogP contribution >= 0.6 is 0 Å². The van der Waals surface area contributed by atoms with E-state index in [1.807, 2.05) is 116 Å². The minimum absolute atomic E-state index is 0.634. The van der Waals surface area contributed by atoms with E-state index in [0.717, 1.165) is 45.1 Å². The average Bonchev–Trinajstić information content (AvgIpc) is 3.73. The standard InChI is InChI=1S/C32H28N4O3/c1-21-29(34-27-9-6-10-28(33-27)36(2)26-7-4-3-5-8-26)30(39-35-21)24-13-11-22(12-14-24)23-15-17-25(18-16-23)32(19-20-32)31(37)38/h3-18H,19-20H2,1-2H3,(H,33,34)(H,37,38). The van der Waals surface area contributed by atoms with Crippen LogP contribution in [0.15, 0.2) is 102 Å². The number of aromatic nitrogens is 2. The van der Waals surface area contributed by atoms with E-state index in [0.29, 0.717) is 24.4 Å². The Balaban J connectivity index is 1.22. The van der Waals surface area contributed by atoms with Gasteiger partial charge in [0.25, 0.3) is 0 Å². The van der Waals surface area contributed by atoms with Crippen LogP contribution in [0.4, 0.5) is 23.0 Å². The Bertz CT molecular complexity index is 1620. The predicted molar refractivity (Wildman–Crippen MR) is 153 cm³/mol. The molecule has 6 rings (SSSR count). The second kappa shape index (κ2) is 9.76. The molecule has 1 aliphatic rings. The first-order chi connectivity index (χ1) is 18.9. The maximum Gasteiger partial charge on any atom is 0.314 e. The molecule has 7 heteroatoms. The fourth-order valence-corrected chi connectivity index (χ4v) is 4.85. The van der Waals surface area contributed by atoms with Crippen LogP contribution in [0, 0.1) is 6.92 Å². The largest absolute Gasteiger partial charge is 0.481 e. The highest BCUT2D eigenvalue weighted by molar-refractivity contribution is 5.85. The van der Waals surface area contributed by atoms with Crippen molar-refractivity contribution in [3.63, 3.8) is 0 Å². The van der Waals surface area contributed by atoms with Gasteiger partial charge in [-0.05, 0) is 60.7 Å². The molecule has 2 aromatic heterocycles. The highest BCUT2D eigenvalue weighted by Gasteiger charge is 2.51. The lowest BCUT2D eigenvalue weighted by Crippen LogP contribution is -2.19. The minimum atomic E-state index is -0.739. The van der Waals surface area contributed by atoms with E-state index in [4.69, 9.17) is 9.51 Å². The number of aliphatic carboxylic acids is 1. The SMILES string of the molecule is Cc1noc(-c2ccc(-c3ccc(C4(C(=O)O)CC4)cc3)cc2)c1Nc1cccc(N(C)c2ccccc2)n1. The van der Waals surface area contributed by atoms with E-state index in [9.17, 15) is 9.90 Å². The zero-order chi connectivity index (χ0) is 27.0. The Morgan fingerprint density at radius 3 is 2.15 bits per heavy atom. The monoisotopic (exact) mass is 516 g/mol. The van der Waals surface area contributed by atoms with Crippen molar-refractivity contribution in [2.24, 2.45) is 0 Å². The lowest BCUT2D eigenvalue weighted by atomic mass is 9.93. The molecule has 2 heterocycles. The van der Waals surface area contributed by atoms with Crippen molar-refractivity contribution in [2.75, 3.05) is 17.3 Å². The molecule has 0 spiro atoms. The normalized spacial score (nSPS) is 13.6. The molecule has 0 bridgehead atoms. The van der Waals surface area contributed by atoms with Crippen LogP contribution in [-0.4, -0.2) is 28.3 Å². The van der Waals surface area contributed by atoms with E-state index in [2.05, 4.69) is 10.5 Å². The van der Waals surface area contributed by atoms with Crippen LogP contribution in [0.3, 0.4) is 0 Å². The van der Waals surface area contributed by atoms with Crippen molar-refractivity contribution in [3.8, 4) is 22.5 Å². The molecule has 1 saturated carbocycles. The molecule has 2 N–H and O–H groups in total. The lowest BCUT2D eigenvalue weighted by molar-refractivity contribution is -0.140. The number of para-hydroxylation sites is 1. The van der Waals surface area contributed by atoms with Crippen molar-refractivity contribution < 1.29 is 14.4 Å². The number of nitrogens with zero attached hydrogens (tertiary/aromatic N) is 3. The molecule has 0 atom stereocenters. The smallest absolute Gasteiger partial charge is 0.314 e. The minimum Gasteiger partial charge on any atom is -0.481 e. The third-order valence-corrected chi connectivity index (χ3v) is 7.41. The summed E-state index contributed by atoms with van der Waals surface area (Å²) in [6, 6.07) is 31.9. The Kier molecular flexibility index (Phi) is 6.11. The molecule has 0 radical (unpaired) electrons. The summed E-state index contributed by atoms with van der Waals surface area (Å²) in [5.74, 6) is 1.40. The van der Waals surface area contributed by atoms with Crippen molar-refractivity contribution in [2.45, 2.75) is 25.2 Å². The molecular formula is C32H28N4O3. The van der Waals surface area contributed by atoms with E-state index in [-0.39, 0.29) is 0 Å². The van der Waals surface area contributed by atoms with Gasteiger partial charge in [-0.2, -0.15) is 0 Å². The fraction of sp³-hybridized carbons (Fsp3) is 0.156. The summed E-state index contributed by atoms with van der Waals surface area (Å²) >= 11 is 0. The van der Waals surface area contributed by atoms with Crippen molar-refractivity contribution in [1.29, 1.82) is 0 Å². The second-order valence-electron chi connectivity index (χ2n) is 9.91. The van der Waals surface area contributed by atoms with Gasteiger partial charge < -0.3 is 19.8 Å². The van der Waals surface area contributed by atoms with Gasteiger partial charge in [-0.1, -0.05) is 78.0 Å². The van der Waals surface area contributed by atoms with Gasteiger partial charge in [0.1, 0.15) is 23.0 Å². The van der Waals surface area contributed by atoms with Gasteiger partial charge in [-0.15, -0.1) is 0 Å². The van der Waals surface area contributed by atoms with Crippen molar-refractivity contribution in [3.05, 3.63) is 108 Å². The van der Waals surface area contributed by atoms with E-state index in [1.165, 1.54) is 0 Å². The summed E-state index contributed by atoms with van der Waals surface area (Å²) in [5, 5.41) is 17.2. The molecule has 1 aliphatic carbocycles. The zero-order valence-electron chi connectivity index (χ0n) is 21.8. The van der Waals surface area contributed by atoms with Gasteiger partial charge in [0.05, 0.1) is 5.41 Å². The summed E-state index contributed by atoms with van der Waals surface area (Å²) in [5.41, 5.74) is 5.68. The molecule has 0 aliphatic heterocycles. The van der Waals surface area contributed by atoms with Crippen LogP contribution < -0.4 is 10.2 Å². The number of rotatable bonds is 8. The first-order valence-electron chi connectivity index (χ1n) is 12.9. The van der Waals surface area contributed by atoms with Crippen LogP contribution in [0.25, 0.3) is 22.5 Å². The maximum absolute atomic E-state index is 11.6. The van der Waals surface area contributed by atoms with E-state index < -0.39 is 11.4 Å². The molecule has 5 aromatic rings. The van der Waals surface area contributed by atoms with Crippen molar-refractivity contribution >= 4 is 29.0 Å². The van der Waals surface area contributed by atoms with Crippen molar-refractivity contribution in [1.82, 2.24) is 10.1 Å². The lowest BCUT2D eigenvalue weighted by Gasteiger charge is -2.19. The molecule has 0 amide bonds. The van der Waals surface area contributed by atoms with Crippen LogP contribution in [0.2, 0.25) is 0 Å². The molecular weight excluding hydrogens is 488 g/mol. The Morgan fingerprint density at radius 2 is 1.51 bits per heavy atom. The highest BCUT2D eigenvalue weighted by atomic mass is 16.5. The molecule has 0 saturated heterocycles. The maximum atomic E-state index is 11.6. The average molecular weight is 517 g/mol.